The van der Waals surface area contributed by atoms with E-state index in [1.165, 1.54) is 5.70 Å². The van der Waals surface area contributed by atoms with E-state index in [1.54, 1.807) is 6.20 Å². The molecule has 0 saturated carbocycles. The van der Waals surface area contributed by atoms with E-state index in [-0.39, 0.29) is 6.04 Å². The van der Waals surface area contributed by atoms with Crippen molar-refractivity contribution in [3.63, 3.8) is 0 Å². The van der Waals surface area contributed by atoms with Crippen LogP contribution in [0, 0.1) is 0 Å². The second-order valence-electron chi connectivity index (χ2n) is 6.09. The van der Waals surface area contributed by atoms with Crippen LogP contribution in [0.3, 0.4) is 0 Å². The number of β-amino-alcohol motifs (C(OH)–C–C–N with tert-alkyl or cyclic N) is 1. The number of rotatable bonds is 5. The largest absolute Gasteiger partial charge is 0.389 e. The minimum atomic E-state index is -0.764. The highest BCUT2D eigenvalue weighted by Gasteiger charge is 2.28. The van der Waals surface area contributed by atoms with Gasteiger partial charge < -0.3 is 15.7 Å². The van der Waals surface area contributed by atoms with Gasteiger partial charge in [0.15, 0.2) is 0 Å². The third-order valence-corrected chi connectivity index (χ3v) is 3.47. The van der Waals surface area contributed by atoms with Crippen molar-refractivity contribution in [1.82, 2.24) is 4.98 Å². The highest BCUT2D eigenvalue weighted by molar-refractivity contribution is 5.60. The third kappa shape index (κ3) is 3.38. The number of pyridine rings is 1. The summed E-state index contributed by atoms with van der Waals surface area (Å²) in [5, 5.41) is 10.2. The Morgan fingerprint density at radius 3 is 2.85 bits per heavy atom. The first-order valence-electron chi connectivity index (χ1n) is 7.33. The summed E-state index contributed by atoms with van der Waals surface area (Å²) >= 11 is 0. The van der Waals surface area contributed by atoms with Gasteiger partial charge in [0.2, 0.25) is 0 Å². The van der Waals surface area contributed by atoms with Crippen molar-refractivity contribution in [3.8, 4) is 0 Å². The molecule has 0 spiro atoms. The molecule has 2 rings (SSSR count). The average molecular weight is 275 g/mol. The van der Waals surface area contributed by atoms with Gasteiger partial charge >= 0.3 is 0 Å². The fourth-order valence-corrected chi connectivity index (χ4v) is 2.57. The molecular formula is C16H25N3O. The van der Waals surface area contributed by atoms with Crippen molar-refractivity contribution in [3.05, 3.63) is 35.8 Å². The van der Waals surface area contributed by atoms with Crippen LogP contribution >= 0.6 is 0 Å². The molecule has 0 amide bonds. The number of nitrogens with two attached hydrogens (primary N) is 1. The van der Waals surface area contributed by atoms with Crippen LogP contribution in [-0.4, -0.2) is 22.2 Å². The van der Waals surface area contributed by atoms with E-state index in [0.29, 0.717) is 6.54 Å². The Labute approximate surface area is 121 Å². The standard InChI is InChI=1S/C16H25N3O/c1-4-5-7-12-10-13(17)15-14(8-6-9-18-15)19(12)11-16(2,3)20/h6,8-10,13,20H,4-5,7,11,17H2,1-3H3. The number of unbranched alkanes of at least 4 members (excludes halogenated alkanes) is 1. The normalized spacial score (nSPS) is 18.8. The zero-order valence-electron chi connectivity index (χ0n) is 12.6. The van der Waals surface area contributed by atoms with Gasteiger partial charge in [-0.1, -0.05) is 13.3 Å². The van der Waals surface area contributed by atoms with Crippen LogP contribution in [0.5, 0.6) is 0 Å². The Morgan fingerprint density at radius 1 is 1.45 bits per heavy atom. The first kappa shape index (κ1) is 15.0. The van der Waals surface area contributed by atoms with Gasteiger partial charge in [0.25, 0.3) is 0 Å². The Morgan fingerprint density at radius 2 is 2.20 bits per heavy atom. The van der Waals surface area contributed by atoms with Gasteiger partial charge in [-0.25, -0.2) is 0 Å². The summed E-state index contributed by atoms with van der Waals surface area (Å²) in [7, 11) is 0. The number of aromatic nitrogens is 1. The summed E-state index contributed by atoms with van der Waals surface area (Å²) in [6, 6.07) is 3.80. The first-order valence-corrected chi connectivity index (χ1v) is 7.33. The van der Waals surface area contributed by atoms with Gasteiger partial charge in [0.1, 0.15) is 0 Å². The molecule has 4 heteroatoms. The van der Waals surface area contributed by atoms with Gasteiger partial charge in [-0.3, -0.25) is 4.98 Å². The number of allylic oxidation sites excluding steroid dienone is 1. The Kier molecular flexibility index (Phi) is 4.45. The van der Waals surface area contributed by atoms with Gasteiger partial charge in [-0.15, -0.1) is 0 Å². The molecule has 0 bridgehead atoms. The lowest BCUT2D eigenvalue weighted by atomic mass is 9.98. The lowest BCUT2D eigenvalue weighted by Crippen LogP contribution is -2.41. The number of hydrogen-bond acceptors (Lipinski definition) is 4. The van der Waals surface area contributed by atoms with Crippen LogP contribution in [-0.2, 0) is 0 Å². The third-order valence-electron chi connectivity index (χ3n) is 3.47. The fourth-order valence-electron chi connectivity index (χ4n) is 2.57. The van der Waals surface area contributed by atoms with Crippen molar-refractivity contribution >= 4 is 5.69 Å². The fraction of sp³-hybridized carbons (Fsp3) is 0.562. The predicted molar refractivity (Wildman–Crippen MR) is 82.4 cm³/mol. The molecule has 1 unspecified atom stereocenters. The molecular weight excluding hydrogens is 250 g/mol. The Hall–Kier alpha value is -1.39. The molecule has 1 aliphatic rings. The summed E-state index contributed by atoms with van der Waals surface area (Å²) in [6.07, 6.45) is 7.09. The van der Waals surface area contributed by atoms with Crippen LogP contribution in [0.4, 0.5) is 5.69 Å². The summed E-state index contributed by atoms with van der Waals surface area (Å²) in [5.74, 6) is 0. The minimum absolute atomic E-state index is 0.156. The summed E-state index contributed by atoms with van der Waals surface area (Å²) in [4.78, 5) is 6.57. The van der Waals surface area contributed by atoms with Gasteiger partial charge in [0, 0.05) is 11.9 Å². The number of fused-ring (bicyclic) bond motifs is 1. The van der Waals surface area contributed by atoms with Crippen LogP contribution in [0.2, 0.25) is 0 Å². The molecule has 4 nitrogen and oxygen atoms in total. The summed E-state index contributed by atoms with van der Waals surface area (Å²) < 4.78 is 0. The molecule has 1 atom stereocenters. The van der Waals surface area contributed by atoms with Gasteiger partial charge in [-0.05, 0) is 44.9 Å². The highest BCUT2D eigenvalue weighted by atomic mass is 16.3. The molecule has 1 aliphatic heterocycles. The molecule has 1 aromatic rings. The highest BCUT2D eigenvalue weighted by Crippen LogP contribution is 2.35. The molecule has 0 fully saturated rings. The molecule has 3 N–H and O–H groups in total. The number of aliphatic hydroxyl groups is 1. The number of nitrogens with zero attached hydrogens (tertiary/aromatic N) is 2. The molecule has 0 saturated heterocycles. The maximum Gasteiger partial charge on any atom is 0.0847 e. The Balaban J connectivity index is 2.36. The van der Waals surface area contributed by atoms with E-state index in [4.69, 9.17) is 5.73 Å². The smallest absolute Gasteiger partial charge is 0.0847 e. The second-order valence-corrected chi connectivity index (χ2v) is 6.09. The Bertz CT molecular complexity index is 491. The SMILES string of the molecule is CCCCC1=CC(N)c2ncccc2N1CC(C)(C)O. The molecule has 2 heterocycles. The molecule has 0 aliphatic carbocycles. The lowest BCUT2D eigenvalue weighted by Gasteiger charge is -2.37. The van der Waals surface area contributed by atoms with Crippen molar-refractivity contribution in [2.45, 2.75) is 51.7 Å². The van der Waals surface area contributed by atoms with E-state index in [1.807, 2.05) is 26.0 Å². The van der Waals surface area contributed by atoms with Crippen LogP contribution in [0.15, 0.2) is 30.1 Å². The molecule has 20 heavy (non-hydrogen) atoms. The van der Waals surface area contributed by atoms with E-state index in [0.717, 1.165) is 30.6 Å². The van der Waals surface area contributed by atoms with E-state index >= 15 is 0 Å². The number of anilines is 1. The van der Waals surface area contributed by atoms with Crippen LogP contribution in [0.1, 0.15) is 51.8 Å². The van der Waals surface area contributed by atoms with Crippen molar-refractivity contribution < 1.29 is 5.11 Å². The molecule has 1 aromatic heterocycles. The van der Waals surface area contributed by atoms with Crippen molar-refractivity contribution in [1.29, 1.82) is 0 Å². The maximum atomic E-state index is 10.2. The molecule has 110 valence electrons. The monoisotopic (exact) mass is 275 g/mol. The van der Waals surface area contributed by atoms with Crippen LogP contribution < -0.4 is 10.6 Å². The minimum Gasteiger partial charge on any atom is -0.389 e. The van der Waals surface area contributed by atoms with Gasteiger partial charge in [0.05, 0.1) is 29.6 Å². The molecule has 0 aromatic carbocycles. The summed E-state index contributed by atoms with van der Waals surface area (Å²) in [6.45, 7) is 6.39. The molecule has 0 radical (unpaired) electrons. The topological polar surface area (TPSA) is 62.4 Å². The zero-order valence-corrected chi connectivity index (χ0v) is 12.6. The van der Waals surface area contributed by atoms with Crippen LogP contribution in [0.25, 0.3) is 0 Å². The quantitative estimate of drug-likeness (QED) is 0.867. The van der Waals surface area contributed by atoms with Crippen molar-refractivity contribution in [2.75, 3.05) is 11.4 Å². The first-order chi connectivity index (χ1) is 9.42. The van der Waals surface area contributed by atoms with Gasteiger partial charge in [-0.2, -0.15) is 0 Å². The lowest BCUT2D eigenvalue weighted by molar-refractivity contribution is 0.0885. The van der Waals surface area contributed by atoms with E-state index in [2.05, 4.69) is 22.9 Å². The average Bonchev–Trinajstić information content (AvgIpc) is 2.39. The zero-order chi connectivity index (χ0) is 14.8. The van der Waals surface area contributed by atoms with E-state index < -0.39 is 5.60 Å². The van der Waals surface area contributed by atoms with Crippen molar-refractivity contribution in [2.24, 2.45) is 5.73 Å². The second kappa shape index (κ2) is 5.94. The summed E-state index contributed by atoms with van der Waals surface area (Å²) in [5.41, 5.74) is 8.55. The predicted octanol–water partition coefficient (Wildman–Crippen LogP) is 2.75. The van der Waals surface area contributed by atoms with E-state index in [9.17, 15) is 5.11 Å². The number of hydrogen-bond donors (Lipinski definition) is 2. The maximum absolute atomic E-state index is 10.2.